The standard InChI is InChI=1S/C14H20Cl2N2O3/c1-18-12(8-11(15)13(18)16)14(19)17-5-3-6-20-9-10-4-2-7-21-10/h8,10H,2-7,9H2,1H3,(H,17,19)/t10-/m1/s1. The molecule has 21 heavy (non-hydrogen) atoms. The van der Waals surface area contributed by atoms with Gasteiger partial charge in [-0.05, 0) is 25.3 Å². The molecule has 1 atom stereocenters. The van der Waals surface area contributed by atoms with Crippen LogP contribution in [0.1, 0.15) is 29.8 Å². The molecule has 1 aliphatic heterocycles. The van der Waals surface area contributed by atoms with Crippen LogP contribution in [0.4, 0.5) is 0 Å². The van der Waals surface area contributed by atoms with Crippen molar-refractivity contribution in [1.29, 1.82) is 0 Å². The minimum atomic E-state index is -0.189. The van der Waals surface area contributed by atoms with Crippen LogP contribution in [0.15, 0.2) is 6.07 Å². The molecule has 0 bridgehead atoms. The van der Waals surface area contributed by atoms with E-state index in [1.54, 1.807) is 17.7 Å². The second-order valence-electron chi connectivity index (χ2n) is 5.05. The van der Waals surface area contributed by atoms with Crippen molar-refractivity contribution in [2.45, 2.75) is 25.4 Å². The van der Waals surface area contributed by atoms with E-state index in [9.17, 15) is 4.79 Å². The number of hydrogen-bond acceptors (Lipinski definition) is 3. The van der Waals surface area contributed by atoms with Crippen LogP contribution in [0, 0.1) is 0 Å². The number of rotatable bonds is 7. The highest BCUT2D eigenvalue weighted by Gasteiger charge is 2.16. The number of carbonyl (C=O) groups is 1. The van der Waals surface area contributed by atoms with Gasteiger partial charge in [0.2, 0.25) is 0 Å². The maximum Gasteiger partial charge on any atom is 0.267 e. The van der Waals surface area contributed by atoms with E-state index in [4.69, 9.17) is 32.7 Å². The molecule has 7 heteroatoms. The third-order valence-electron chi connectivity index (χ3n) is 3.43. The summed E-state index contributed by atoms with van der Waals surface area (Å²) >= 11 is 11.8. The average Bonchev–Trinajstić information content (AvgIpc) is 3.07. The van der Waals surface area contributed by atoms with E-state index in [0.717, 1.165) is 25.9 Å². The lowest BCUT2D eigenvalue weighted by Gasteiger charge is -2.10. The van der Waals surface area contributed by atoms with Crippen molar-refractivity contribution in [1.82, 2.24) is 9.88 Å². The van der Waals surface area contributed by atoms with Gasteiger partial charge in [0, 0.05) is 26.8 Å². The Morgan fingerprint density at radius 2 is 2.38 bits per heavy atom. The van der Waals surface area contributed by atoms with E-state index >= 15 is 0 Å². The first-order valence-corrected chi connectivity index (χ1v) is 7.83. The molecule has 1 N–H and O–H groups in total. The molecule has 1 amide bonds. The molecule has 1 aromatic heterocycles. The molecule has 2 rings (SSSR count). The molecule has 0 saturated carbocycles. The quantitative estimate of drug-likeness (QED) is 0.780. The molecule has 0 spiro atoms. The van der Waals surface area contributed by atoms with Gasteiger partial charge in [-0.3, -0.25) is 4.79 Å². The molecule has 1 saturated heterocycles. The van der Waals surface area contributed by atoms with Crippen LogP contribution < -0.4 is 5.32 Å². The summed E-state index contributed by atoms with van der Waals surface area (Å²) in [6.45, 7) is 2.63. The fourth-order valence-corrected chi connectivity index (χ4v) is 2.59. The maximum atomic E-state index is 12.0. The highest BCUT2D eigenvalue weighted by atomic mass is 35.5. The van der Waals surface area contributed by atoms with Gasteiger partial charge < -0.3 is 19.4 Å². The number of nitrogens with zero attached hydrogens (tertiary/aromatic N) is 1. The minimum absolute atomic E-state index is 0.189. The number of ether oxygens (including phenoxy) is 2. The van der Waals surface area contributed by atoms with Crippen LogP contribution in [-0.4, -0.2) is 42.9 Å². The first-order chi connectivity index (χ1) is 10.1. The average molecular weight is 335 g/mol. The van der Waals surface area contributed by atoms with Gasteiger partial charge in [0.1, 0.15) is 10.8 Å². The van der Waals surface area contributed by atoms with Crippen LogP contribution in [-0.2, 0) is 16.5 Å². The summed E-state index contributed by atoms with van der Waals surface area (Å²) in [5, 5.41) is 3.56. The summed E-state index contributed by atoms with van der Waals surface area (Å²) in [7, 11) is 1.70. The number of aromatic nitrogens is 1. The highest BCUT2D eigenvalue weighted by Crippen LogP contribution is 2.24. The lowest BCUT2D eigenvalue weighted by Crippen LogP contribution is -2.27. The fraction of sp³-hybridized carbons (Fsp3) is 0.643. The molecular formula is C14H20Cl2N2O3. The van der Waals surface area contributed by atoms with Crippen molar-refractivity contribution in [2.24, 2.45) is 7.05 Å². The monoisotopic (exact) mass is 334 g/mol. The zero-order valence-corrected chi connectivity index (χ0v) is 13.5. The van der Waals surface area contributed by atoms with Gasteiger partial charge in [0.25, 0.3) is 5.91 Å². The lowest BCUT2D eigenvalue weighted by molar-refractivity contribution is 0.0166. The SMILES string of the molecule is Cn1c(C(=O)NCCCOC[C@H]2CCCO2)cc(Cl)c1Cl. The summed E-state index contributed by atoms with van der Waals surface area (Å²) < 4.78 is 12.6. The molecule has 2 heterocycles. The Bertz CT molecular complexity index is 485. The molecule has 1 aromatic rings. The first-order valence-electron chi connectivity index (χ1n) is 7.08. The van der Waals surface area contributed by atoms with Gasteiger partial charge in [0.05, 0.1) is 17.7 Å². The Kier molecular flexibility index (Phi) is 6.36. The van der Waals surface area contributed by atoms with Gasteiger partial charge in [-0.2, -0.15) is 0 Å². The Balaban J connectivity index is 1.61. The third-order valence-corrected chi connectivity index (χ3v) is 4.27. The van der Waals surface area contributed by atoms with Crippen molar-refractivity contribution in [3.63, 3.8) is 0 Å². The third kappa shape index (κ3) is 4.61. The molecule has 0 unspecified atom stereocenters. The van der Waals surface area contributed by atoms with Gasteiger partial charge >= 0.3 is 0 Å². The van der Waals surface area contributed by atoms with Gasteiger partial charge in [-0.25, -0.2) is 0 Å². The van der Waals surface area contributed by atoms with Gasteiger partial charge in [0.15, 0.2) is 0 Å². The molecule has 0 aromatic carbocycles. The fourth-order valence-electron chi connectivity index (χ4n) is 2.22. The number of amides is 1. The number of nitrogens with one attached hydrogen (secondary N) is 1. The van der Waals surface area contributed by atoms with Gasteiger partial charge in [-0.1, -0.05) is 23.2 Å². The summed E-state index contributed by atoms with van der Waals surface area (Å²) in [5.74, 6) is -0.189. The van der Waals surface area contributed by atoms with Crippen LogP contribution >= 0.6 is 23.2 Å². The Labute approximate surface area is 134 Å². The zero-order chi connectivity index (χ0) is 15.2. The van der Waals surface area contributed by atoms with Gasteiger partial charge in [-0.15, -0.1) is 0 Å². The number of carbonyl (C=O) groups excluding carboxylic acids is 1. The van der Waals surface area contributed by atoms with Crippen LogP contribution in [0.5, 0.6) is 0 Å². The second kappa shape index (κ2) is 8.03. The highest BCUT2D eigenvalue weighted by molar-refractivity contribution is 6.41. The molecule has 118 valence electrons. The molecule has 0 radical (unpaired) electrons. The van der Waals surface area contributed by atoms with E-state index < -0.39 is 0 Å². The van der Waals surface area contributed by atoms with E-state index in [1.807, 2.05) is 0 Å². The zero-order valence-electron chi connectivity index (χ0n) is 12.0. The number of halogens is 2. The Morgan fingerprint density at radius 3 is 3.00 bits per heavy atom. The van der Waals surface area contributed by atoms with Crippen LogP contribution in [0.25, 0.3) is 0 Å². The van der Waals surface area contributed by atoms with Crippen molar-refractivity contribution in [2.75, 3.05) is 26.4 Å². The lowest BCUT2D eigenvalue weighted by atomic mass is 10.2. The maximum absolute atomic E-state index is 12.0. The van der Waals surface area contributed by atoms with E-state index in [2.05, 4.69) is 5.32 Å². The topological polar surface area (TPSA) is 52.5 Å². The van der Waals surface area contributed by atoms with Crippen LogP contribution in [0.2, 0.25) is 10.2 Å². The molecule has 1 aliphatic rings. The summed E-state index contributed by atoms with van der Waals surface area (Å²) in [6, 6.07) is 1.56. The van der Waals surface area contributed by atoms with Crippen LogP contribution in [0.3, 0.4) is 0 Å². The van der Waals surface area contributed by atoms with Crippen molar-refractivity contribution < 1.29 is 14.3 Å². The smallest absolute Gasteiger partial charge is 0.267 e. The summed E-state index contributed by atoms with van der Waals surface area (Å²) in [5.41, 5.74) is 0.449. The minimum Gasteiger partial charge on any atom is -0.379 e. The largest absolute Gasteiger partial charge is 0.379 e. The molecular weight excluding hydrogens is 315 g/mol. The van der Waals surface area contributed by atoms with Crippen molar-refractivity contribution in [3.8, 4) is 0 Å². The predicted molar refractivity (Wildman–Crippen MR) is 82.2 cm³/mol. The normalized spacial score (nSPS) is 18.1. The summed E-state index contributed by atoms with van der Waals surface area (Å²) in [4.78, 5) is 12.0. The van der Waals surface area contributed by atoms with E-state index in [0.29, 0.717) is 35.6 Å². The van der Waals surface area contributed by atoms with Crippen molar-refractivity contribution in [3.05, 3.63) is 21.9 Å². The first kappa shape index (κ1) is 16.6. The molecule has 0 aliphatic carbocycles. The predicted octanol–water partition coefficient (Wildman–Crippen LogP) is 2.65. The molecule has 5 nitrogen and oxygen atoms in total. The van der Waals surface area contributed by atoms with E-state index in [1.165, 1.54) is 0 Å². The molecule has 1 fully saturated rings. The summed E-state index contributed by atoms with van der Waals surface area (Å²) in [6.07, 6.45) is 3.19. The van der Waals surface area contributed by atoms with Crippen molar-refractivity contribution >= 4 is 29.1 Å². The second-order valence-corrected chi connectivity index (χ2v) is 5.81. The Morgan fingerprint density at radius 1 is 1.57 bits per heavy atom. The number of hydrogen-bond donors (Lipinski definition) is 1. The van der Waals surface area contributed by atoms with E-state index in [-0.39, 0.29) is 12.0 Å². The Hall–Kier alpha value is -0.750.